The van der Waals surface area contributed by atoms with E-state index in [2.05, 4.69) is 5.32 Å². The molecule has 0 aliphatic carbocycles. The molecule has 0 saturated carbocycles. The number of hydrogen-bond donors (Lipinski definition) is 2. The van der Waals surface area contributed by atoms with Crippen LogP contribution >= 0.6 is 0 Å². The minimum atomic E-state index is -0.954. The Bertz CT molecular complexity index is 475. The van der Waals surface area contributed by atoms with Gasteiger partial charge in [-0.05, 0) is 18.1 Å². The molecule has 1 rings (SSSR count). The van der Waals surface area contributed by atoms with Crippen molar-refractivity contribution in [3.05, 3.63) is 29.8 Å². The molecule has 0 aromatic heterocycles. The molecule has 116 valence electrons. The molecule has 1 atom stereocenters. The molecule has 6 nitrogen and oxygen atoms in total. The zero-order chi connectivity index (χ0) is 15.7. The Kier molecular flexibility index (Phi) is 7.25. The van der Waals surface area contributed by atoms with Crippen LogP contribution in [-0.2, 0) is 20.7 Å². The number of carboxylic acid groups (broad SMARTS) is 1. The van der Waals surface area contributed by atoms with Gasteiger partial charge in [-0.1, -0.05) is 18.2 Å². The third kappa shape index (κ3) is 6.27. The van der Waals surface area contributed by atoms with Gasteiger partial charge in [-0.15, -0.1) is 0 Å². The fourth-order valence-electron chi connectivity index (χ4n) is 1.91. The van der Waals surface area contributed by atoms with Crippen LogP contribution in [0, 0.1) is 0 Å². The maximum Gasteiger partial charge on any atom is 0.306 e. The number of hydrogen-bond acceptors (Lipinski definition) is 4. The van der Waals surface area contributed by atoms with E-state index in [9.17, 15) is 9.59 Å². The molecule has 6 heteroatoms. The molecule has 2 N–H and O–H groups in total. The van der Waals surface area contributed by atoms with Gasteiger partial charge >= 0.3 is 5.97 Å². The lowest BCUT2D eigenvalue weighted by atomic mass is 10.1. The first-order valence-electron chi connectivity index (χ1n) is 6.70. The zero-order valence-electron chi connectivity index (χ0n) is 12.3. The van der Waals surface area contributed by atoms with Gasteiger partial charge in [0.2, 0.25) is 5.91 Å². The monoisotopic (exact) mass is 295 g/mol. The number of rotatable bonds is 9. The van der Waals surface area contributed by atoms with Crippen LogP contribution in [0.2, 0.25) is 0 Å². The average Bonchev–Trinajstić information content (AvgIpc) is 2.49. The number of carbonyl (C=O) groups excluding carboxylic acids is 1. The van der Waals surface area contributed by atoms with Crippen LogP contribution in [0.5, 0.6) is 5.75 Å². The Balaban J connectivity index is 2.38. The first-order chi connectivity index (χ1) is 10.1. The maximum absolute atomic E-state index is 11.8. The van der Waals surface area contributed by atoms with Crippen molar-refractivity contribution in [2.45, 2.75) is 25.4 Å². The predicted molar refractivity (Wildman–Crippen MR) is 77.4 cm³/mol. The smallest absolute Gasteiger partial charge is 0.306 e. The van der Waals surface area contributed by atoms with Crippen molar-refractivity contribution in [3.8, 4) is 5.75 Å². The van der Waals surface area contributed by atoms with E-state index in [1.807, 2.05) is 24.3 Å². The first-order valence-corrected chi connectivity index (χ1v) is 6.70. The van der Waals surface area contributed by atoms with Gasteiger partial charge in [-0.2, -0.15) is 0 Å². The maximum atomic E-state index is 11.8. The normalized spacial score (nSPS) is 11.7. The fraction of sp³-hybridized carbons (Fsp3) is 0.467. The average molecular weight is 295 g/mol. The number of carboxylic acids is 1. The van der Waals surface area contributed by atoms with E-state index >= 15 is 0 Å². The first kappa shape index (κ1) is 17.0. The Labute approximate surface area is 124 Å². The highest BCUT2D eigenvalue weighted by molar-refractivity contribution is 5.76. The lowest BCUT2D eigenvalue weighted by Crippen LogP contribution is -2.34. The molecule has 0 aliphatic heterocycles. The molecule has 0 fully saturated rings. The third-order valence-corrected chi connectivity index (χ3v) is 3.08. The van der Waals surface area contributed by atoms with Crippen molar-refractivity contribution >= 4 is 11.9 Å². The Morgan fingerprint density at radius 2 is 2.00 bits per heavy atom. The van der Waals surface area contributed by atoms with Gasteiger partial charge in [-0.25, -0.2) is 0 Å². The van der Waals surface area contributed by atoms with Gasteiger partial charge in [0.05, 0.1) is 19.6 Å². The highest BCUT2D eigenvalue weighted by Crippen LogP contribution is 2.18. The molecule has 0 radical (unpaired) electrons. The van der Waals surface area contributed by atoms with E-state index in [1.165, 1.54) is 7.11 Å². The van der Waals surface area contributed by atoms with Crippen molar-refractivity contribution < 1.29 is 24.2 Å². The summed E-state index contributed by atoms with van der Waals surface area (Å²) in [5.41, 5.74) is 0.962. The van der Waals surface area contributed by atoms with Crippen molar-refractivity contribution in [2.75, 3.05) is 20.8 Å². The minimum absolute atomic E-state index is 0.136. The third-order valence-electron chi connectivity index (χ3n) is 3.08. The summed E-state index contributed by atoms with van der Waals surface area (Å²) in [6.07, 6.45) is 0.220. The topological polar surface area (TPSA) is 84.9 Å². The summed E-state index contributed by atoms with van der Waals surface area (Å²) in [7, 11) is 3.02. The minimum Gasteiger partial charge on any atom is -0.496 e. The summed E-state index contributed by atoms with van der Waals surface area (Å²) < 4.78 is 10.2. The number of carbonyl (C=O) groups is 2. The summed E-state index contributed by atoms with van der Waals surface area (Å²) in [6.45, 7) is 0.188. The van der Waals surface area contributed by atoms with Gasteiger partial charge in [0, 0.05) is 20.1 Å². The molecule has 0 spiro atoms. The molecule has 0 aliphatic rings. The van der Waals surface area contributed by atoms with Crippen LogP contribution in [0.25, 0.3) is 0 Å². The van der Waals surface area contributed by atoms with Gasteiger partial charge in [-0.3, -0.25) is 9.59 Å². The van der Waals surface area contributed by atoms with E-state index in [0.717, 1.165) is 11.3 Å². The van der Waals surface area contributed by atoms with Gasteiger partial charge < -0.3 is 19.9 Å². The van der Waals surface area contributed by atoms with E-state index in [0.29, 0.717) is 12.8 Å². The molecular weight excluding hydrogens is 274 g/mol. The van der Waals surface area contributed by atoms with Gasteiger partial charge in [0.15, 0.2) is 0 Å². The number of aliphatic carboxylic acids is 1. The molecular formula is C15H21NO5. The Hall–Kier alpha value is -2.08. The summed E-state index contributed by atoms with van der Waals surface area (Å²) in [4.78, 5) is 22.4. The molecule has 21 heavy (non-hydrogen) atoms. The SMILES string of the molecule is COc1ccccc1CCC(=O)NCC(CC(=O)O)OC. The largest absolute Gasteiger partial charge is 0.496 e. The van der Waals surface area contributed by atoms with Crippen LogP contribution in [-0.4, -0.2) is 43.9 Å². The van der Waals surface area contributed by atoms with Crippen molar-refractivity contribution in [1.82, 2.24) is 5.32 Å². The second-order valence-corrected chi connectivity index (χ2v) is 4.57. The molecule has 1 aromatic rings. The number of aryl methyl sites for hydroxylation is 1. The fourth-order valence-corrected chi connectivity index (χ4v) is 1.91. The van der Waals surface area contributed by atoms with Crippen LogP contribution < -0.4 is 10.1 Å². The number of benzene rings is 1. The standard InChI is InChI=1S/C15H21NO5/c1-20-12(9-15(18)19)10-16-14(17)8-7-11-5-3-4-6-13(11)21-2/h3-6,12H,7-10H2,1-2H3,(H,16,17)(H,18,19). The summed E-state index contributed by atoms with van der Waals surface area (Å²) in [5, 5.41) is 11.4. The Morgan fingerprint density at radius 3 is 2.62 bits per heavy atom. The number of para-hydroxylation sites is 1. The lowest BCUT2D eigenvalue weighted by molar-refractivity contribution is -0.140. The van der Waals surface area contributed by atoms with Crippen LogP contribution in [0.15, 0.2) is 24.3 Å². The summed E-state index contributed by atoms with van der Waals surface area (Å²) in [5.74, 6) is -0.343. The zero-order valence-corrected chi connectivity index (χ0v) is 12.3. The summed E-state index contributed by atoms with van der Waals surface area (Å²) >= 11 is 0. The highest BCUT2D eigenvalue weighted by Gasteiger charge is 2.13. The molecule has 0 heterocycles. The Morgan fingerprint density at radius 1 is 1.29 bits per heavy atom. The second kappa shape index (κ2) is 8.97. The van der Waals surface area contributed by atoms with E-state index in [4.69, 9.17) is 14.6 Å². The highest BCUT2D eigenvalue weighted by atomic mass is 16.5. The van der Waals surface area contributed by atoms with E-state index < -0.39 is 12.1 Å². The second-order valence-electron chi connectivity index (χ2n) is 4.57. The van der Waals surface area contributed by atoms with Crippen LogP contribution in [0.3, 0.4) is 0 Å². The van der Waals surface area contributed by atoms with Crippen molar-refractivity contribution in [2.24, 2.45) is 0 Å². The predicted octanol–water partition coefficient (Wildman–Crippen LogP) is 1.23. The number of nitrogens with one attached hydrogen (secondary N) is 1. The molecule has 1 aromatic carbocycles. The van der Waals surface area contributed by atoms with Crippen molar-refractivity contribution in [3.63, 3.8) is 0 Å². The van der Waals surface area contributed by atoms with E-state index in [-0.39, 0.29) is 18.9 Å². The number of methoxy groups -OCH3 is 2. The quantitative estimate of drug-likeness (QED) is 0.716. The summed E-state index contributed by atoms with van der Waals surface area (Å²) in [6, 6.07) is 7.52. The van der Waals surface area contributed by atoms with Crippen LogP contribution in [0.1, 0.15) is 18.4 Å². The molecule has 1 unspecified atom stereocenters. The van der Waals surface area contributed by atoms with E-state index in [1.54, 1.807) is 7.11 Å². The molecule has 0 bridgehead atoms. The lowest BCUT2D eigenvalue weighted by Gasteiger charge is -2.14. The van der Waals surface area contributed by atoms with Crippen molar-refractivity contribution in [1.29, 1.82) is 0 Å². The number of ether oxygens (including phenoxy) is 2. The van der Waals surface area contributed by atoms with Gasteiger partial charge in [0.25, 0.3) is 0 Å². The van der Waals surface area contributed by atoms with Crippen LogP contribution in [0.4, 0.5) is 0 Å². The molecule has 1 amide bonds. The molecule has 0 saturated heterocycles. The number of amides is 1. The van der Waals surface area contributed by atoms with Gasteiger partial charge in [0.1, 0.15) is 5.75 Å².